The fourth-order valence-corrected chi connectivity index (χ4v) is 5.19. The van der Waals surface area contributed by atoms with Gasteiger partial charge >= 0.3 is 11.8 Å². The molecule has 3 heterocycles. The van der Waals surface area contributed by atoms with Gasteiger partial charge in [-0.05, 0) is 37.5 Å². The highest BCUT2D eigenvalue weighted by molar-refractivity contribution is 7.94. The summed E-state index contributed by atoms with van der Waals surface area (Å²) < 4.78 is 46.4. The number of hydrogen-bond acceptors (Lipinski definition) is 7. The number of aromatic nitrogens is 2. The highest BCUT2D eigenvalue weighted by atomic mass is 32.2. The van der Waals surface area contributed by atoms with Gasteiger partial charge in [0.1, 0.15) is 10.0 Å². The molecule has 152 valence electrons. The monoisotopic (exact) mass is 436 g/mol. The largest absolute Gasteiger partial charge is 0.412 e. The van der Waals surface area contributed by atoms with Gasteiger partial charge in [-0.1, -0.05) is 12.1 Å². The molecule has 0 atom stereocenters. The van der Waals surface area contributed by atoms with Gasteiger partial charge in [-0.15, -0.1) is 21.5 Å². The third kappa shape index (κ3) is 4.15. The topological polar surface area (TPSA) is 105 Å². The number of rotatable bonds is 5. The standard InChI is InChI=1S/C18H17FN4O4S2/c19-13-6-2-3-7-14(13)22-29(25,26)15-10-12(11-28-15)16-20-21-17(27-16)18(24)23-8-4-1-5-9-23/h2-3,6-7,10-11,22H,1,4-5,8-9H2. The lowest BCUT2D eigenvalue weighted by Crippen LogP contribution is -2.35. The number of hydrogen-bond donors (Lipinski definition) is 1. The fraction of sp³-hybridized carbons (Fsp3) is 0.278. The number of carbonyl (C=O) groups is 1. The van der Waals surface area contributed by atoms with Crippen LogP contribution >= 0.6 is 11.3 Å². The van der Waals surface area contributed by atoms with E-state index in [9.17, 15) is 17.6 Å². The van der Waals surface area contributed by atoms with Crippen molar-refractivity contribution in [1.82, 2.24) is 15.1 Å². The third-order valence-electron chi connectivity index (χ3n) is 4.46. The Morgan fingerprint density at radius 2 is 1.93 bits per heavy atom. The minimum atomic E-state index is -3.99. The number of amides is 1. The summed E-state index contributed by atoms with van der Waals surface area (Å²) in [5.41, 5.74) is 0.226. The zero-order chi connectivity index (χ0) is 20.4. The van der Waals surface area contributed by atoms with E-state index in [1.54, 1.807) is 4.90 Å². The van der Waals surface area contributed by atoms with Crippen molar-refractivity contribution in [3.63, 3.8) is 0 Å². The molecule has 3 aromatic rings. The van der Waals surface area contributed by atoms with Gasteiger partial charge in [0.15, 0.2) is 0 Å². The molecular formula is C18H17FN4O4S2. The van der Waals surface area contributed by atoms with Crippen molar-refractivity contribution >= 4 is 33.0 Å². The SMILES string of the molecule is O=C(c1nnc(-c2csc(S(=O)(=O)Nc3ccccc3F)c2)o1)N1CCCCC1. The molecule has 0 radical (unpaired) electrons. The first kappa shape index (κ1) is 19.5. The van der Waals surface area contributed by atoms with Crippen LogP contribution < -0.4 is 4.72 Å². The summed E-state index contributed by atoms with van der Waals surface area (Å²) in [5, 5.41) is 9.19. The van der Waals surface area contributed by atoms with Crippen LogP contribution in [0.25, 0.3) is 11.5 Å². The Hall–Kier alpha value is -2.79. The van der Waals surface area contributed by atoms with Gasteiger partial charge in [0.25, 0.3) is 10.0 Å². The number of likely N-dealkylation sites (tertiary alicyclic amines) is 1. The molecule has 0 aliphatic carbocycles. The number of halogens is 1. The van der Waals surface area contributed by atoms with Gasteiger partial charge in [0.2, 0.25) is 5.89 Å². The Bertz CT molecular complexity index is 1140. The minimum Gasteiger partial charge on any atom is -0.412 e. The van der Waals surface area contributed by atoms with Crippen molar-refractivity contribution in [3.05, 3.63) is 47.4 Å². The summed E-state index contributed by atoms with van der Waals surface area (Å²) in [6.07, 6.45) is 2.97. The molecule has 1 N–H and O–H groups in total. The van der Waals surface area contributed by atoms with E-state index in [0.29, 0.717) is 18.7 Å². The van der Waals surface area contributed by atoms with E-state index in [1.807, 2.05) is 0 Å². The molecular weight excluding hydrogens is 419 g/mol. The van der Waals surface area contributed by atoms with Crippen LogP contribution in [0.15, 0.2) is 44.3 Å². The first-order valence-corrected chi connectivity index (χ1v) is 11.3. The molecule has 1 aliphatic heterocycles. The average Bonchev–Trinajstić information content (AvgIpc) is 3.40. The second-order valence-electron chi connectivity index (χ2n) is 6.50. The first-order valence-electron chi connectivity index (χ1n) is 8.93. The summed E-state index contributed by atoms with van der Waals surface area (Å²) in [5.74, 6) is -1.07. The van der Waals surface area contributed by atoms with Crippen molar-refractivity contribution in [3.8, 4) is 11.5 Å². The number of sulfonamides is 1. The summed E-state index contributed by atoms with van der Waals surface area (Å²) >= 11 is 0.926. The molecule has 4 rings (SSSR count). The molecule has 2 aromatic heterocycles. The number of nitrogens with zero attached hydrogens (tertiary/aromatic N) is 3. The molecule has 29 heavy (non-hydrogen) atoms. The second kappa shape index (κ2) is 7.91. The number of benzene rings is 1. The molecule has 1 amide bonds. The van der Waals surface area contributed by atoms with Crippen molar-refractivity contribution in [2.24, 2.45) is 0 Å². The minimum absolute atomic E-state index is 0.0436. The normalized spacial score (nSPS) is 14.7. The van der Waals surface area contributed by atoms with Crippen LogP contribution in [0.5, 0.6) is 0 Å². The van der Waals surface area contributed by atoms with Crippen LogP contribution in [0.3, 0.4) is 0 Å². The quantitative estimate of drug-likeness (QED) is 0.657. The Kier molecular flexibility index (Phi) is 5.33. The van der Waals surface area contributed by atoms with E-state index in [0.717, 1.165) is 36.7 Å². The molecule has 1 aromatic carbocycles. The van der Waals surface area contributed by atoms with Gasteiger partial charge < -0.3 is 9.32 Å². The summed E-state index contributed by atoms with van der Waals surface area (Å²) in [6, 6.07) is 6.83. The number of para-hydroxylation sites is 1. The van der Waals surface area contributed by atoms with E-state index in [1.165, 1.54) is 29.6 Å². The Morgan fingerprint density at radius 1 is 1.17 bits per heavy atom. The number of thiophene rings is 1. The maximum absolute atomic E-state index is 13.7. The summed E-state index contributed by atoms with van der Waals surface area (Å²) in [6.45, 7) is 1.30. The fourth-order valence-electron chi connectivity index (χ4n) is 2.97. The number of anilines is 1. The lowest BCUT2D eigenvalue weighted by atomic mass is 10.1. The predicted molar refractivity (Wildman–Crippen MR) is 105 cm³/mol. The zero-order valence-corrected chi connectivity index (χ0v) is 16.8. The predicted octanol–water partition coefficient (Wildman–Crippen LogP) is 3.36. The van der Waals surface area contributed by atoms with E-state index in [4.69, 9.17) is 4.42 Å². The lowest BCUT2D eigenvalue weighted by Gasteiger charge is -2.24. The van der Waals surface area contributed by atoms with Crippen LogP contribution in [0.1, 0.15) is 29.9 Å². The summed E-state index contributed by atoms with van der Waals surface area (Å²) in [7, 11) is -3.99. The Morgan fingerprint density at radius 3 is 2.69 bits per heavy atom. The molecule has 8 nitrogen and oxygen atoms in total. The van der Waals surface area contributed by atoms with Crippen LogP contribution in [-0.2, 0) is 10.0 Å². The van der Waals surface area contributed by atoms with Crippen molar-refractivity contribution in [2.45, 2.75) is 23.5 Å². The highest BCUT2D eigenvalue weighted by Crippen LogP contribution is 2.29. The van der Waals surface area contributed by atoms with Crippen LogP contribution in [0, 0.1) is 5.82 Å². The molecule has 0 saturated carbocycles. The van der Waals surface area contributed by atoms with Crippen molar-refractivity contribution in [2.75, 3.05) is 17.8 Å². The van der Waals surface area contributed by atoms with E-state index >= 15 is 0 Å². The number of carbonyl (C=O) groups excluding carboxylic acids is 1. The molecule has 1 fully saturated rings. The van der Waals surface area contributed by atoms with E-state index in [2.05, 4.69) is 14.9 Å². The molecule has 1 aliphatic rings. The highest BCUT2D eigenvalue weighted by Gasteiger charge is 2.25. The van der Waals surface area contributed by atoms with Crippen LogP contribution in [0.4, 0.5) is 10.1 Å². The molecule has 0 unspecified atom stereocenters. The Labute approximate surface area is 170 Å². The van der Waals surface area contributed by atoms with Crippen LogP contribution in [-0.4, -0.2) is 42.5 Å². The third-order valence-corrected chi connectivity index (χ3v) is 7.26. The maximum Gasteiger partial charge on any atom is 0.311 e. The second-order valence-corrected chi connectivity index (χ2v) is 9.33. The average molecular weight is 436 g/mol. The van der Waals surface area contributed by atoms with Crippen molar-refractivity contribution in [1.29, 1.82) is 0 Å². The lowest BCUT2D eigenvalue weighted by molar-refractivity contribution is 0.0684. The summed E-state index contributed by atoms with van der Waals surface area (Å²) in [4.78, 5) is 14.1. The van der Waals surface area contributed by atoms with E-state index < -0.39 is 15.8 Å². The first-order chi connectivity index (χ1) is 13.9. The van der Waals surface area contributed by atoms with Gasteiger partial charge in [0, 0.05) is 18.5 Å². The van der Waals surface area contributed by atoms with Gasteiger partial charge in [0.05, 0.1) is 11.3 Å². The number of piperidine rings is 1. The molecule has 11 heteroatoms. The van der Waals surface area contributed by atoms with Gasteiger partial charge in [-0.2, -0.15) is 0 Å². The smallest absolute Gasteiger partial charge is 0.311 e. The zero-order valence-electron chi connectivity index (χ0n) is 15.2. The van der Waals surface area contributed by atoms with Crippen LogP contribution in [0.2, 0.25) is 0 Å². The Balaban J connectivity index is 1.52. The molecule has 0 spiro atoms. The maximum atomic E-state index is 13.7. The molecule has 0 bridgehead atoms. The van der Waals surface area contributed by atoms with Crippen molar-refractivity contribution < 1.29 is 22.0 Å². The molecule has 1 saturated heterocycles. The van der Waals surface area contributed by atoms with Gasteiger partial charge in [-0.25, -0.2) is 12.8 Å². The van der Waals surface area contributed by atoms with E-state index in [-0.39, 0.29) is 27.6 Å². The van der Waals surface area contributed by atoms with Gasteiger partial charge in [-0.3, -0.25) is 9.52 Å². The number of nitrogens with one attached hydrogen (secondary N) is 1.